The molecule has 0 unspecified atom stereocenters. The first kappa shape index (κ1) is 20.8. The van der Waals surface area contributed by atoms with E-state index in [1.807, 2.05) is 17.5 Å². The van der Waals surface area contributed by atoms with Crippen LogP contribution in [0.2, 0.25) is 0 Å². The summed E-state index contributed by atoms with van der Waals surface area (Å²) in [6, 6.07) is 2.45. The van der Waals surface area contributed by atoms with Crippen molar-refractivity contribution < 1.29 is 23.9 Å². The minimum absolute atomic E-state index is 0.172. The van der Waals surface area contributed by atoms with Crippen molar-refractivity contribution in [3.63, 3.8) is 0 Å². The SMILES string of the molecule is CCOC(=O)C1=C(COC(=O)c2c(C)nsc2NC)NC(=O)N[C@@H]1c1cccs1. The zero-order valence-electron chi connectivity index (χ0n) is 16.0. The Bertz CT molecular complexity index is 952. The van der Waals surface area contributed by atoms with E-state index in [2.05, 4.69) is 20.3 Å². The molecule has 0 fully saturated rings. The number of hydrogen-bond donors (Lipinski definition) is 3. The van der Waals surface area contributed by atoms with E-state index in [4.69, 9.17) is 9.47 Å². The van der Waals surface area contributed by atoms with Crippen LogP contribution < -0.4 is 16.0 Å². The first-order chi connectivity index (χ1) is 14.0. The fourth-order valence-corrected chi connectivity index (χ4v) is 4.36. The lowest BCUT2D eigenvalue weighted by molar-refractivity contribution is -0.139. The number of nitrogens with zero attached hydrogens (tertiary/aromatic N) is 1. The fraction of sp³-hybridized carbons (Fsp3) is 0.333. The Hall–Kier alpha value is -2.92. The van der Waals surface area contributed by atoms with Gasteiger partial charge in [0.1, 0.15) is 17.2 Å². The van der Waals surface area contributed by atoms with E-state index in [0.717, 1.165) is 16.4 Å². The van der Waals surface area contributed by atoms with Gasteiger partial charge in [0.25, 0.3) is 0 Å². The van der Waals surface area contributed by atoms with Crippen LogP contribution in [0.3, 0.4) is 0 Å². The van der Waals surface area contributed by atoms with E-state index < -0.39 is 24.0 Å². The van der Waals surface area contributed by atoms with Crippen LogP contribution in [0.4, 0.5) is 9.80 Å². The summed E-state index contributed by atoms with van der Waals surface area (Å²) in [5.41, 5.74) is 1.25. The molecule has 154 valence electrons. The number of aromatic nitrogens is 1. The van der Waals surface area contributed by atoms with E-state index in [-0.39, 0.29) is 24.5 Å². The highest BCUT2D eigenvalue weighted by atomic mass is 32.1. The van der Waals surface area contributed by atoms with E-state index in [9.17, 15) is 14.4 Å². The maximum Gasteiger partial charge on any atom is 0.343 e. The van der Waals surface area contributed by atoms with Gasteiger partial charge < -0.3 is 25.4 Å². The molecule has 29 heavy (non-hydrogen) atoms. The van der Waals surface area contributed by atoms with Gasteiger partial charge in [0.15, 0.2) is 0 Å². The lowest BCUT2D eigenvalue weighted by Gasteiger charge is -2.28. The van der Waals surface area contributed by atoms with Gasteiger partial charge in [-0.1, -0.05) is 6.07 Å². The fourth-order valence-electron chi connectivity index (χ4n) is 2.84. The molecule has 0 aliphatic carbocycles. The number of esters is 2. The molecule has 1 aliphatic heterocycles. The molecule has 1 aliphatic rings. The maximum atomic E-state index is 12.6. The van der Waals surface area contributed by atoms with Gasteiger partial charge in [0.2, 0.25) is 0 Å². The first-order valence-corrected chi connectivity index (χ1v) is 10.4. The molecule has 3 N–H and O–H groups in total. The number of carbonyl (C=O) groups excluding carboxylic acids is 3. The second-order valence-corrected chi connectivity index (χ2v) is 7.71. The largest absolute Gasteiger partial charge is 0.463 e. The molecule has 2 aromatic rings. The van der Waals surface area contributed by atoms with E-state index >= 15 is 0 Å². The van der Waals surface area contributed by atoms with Crippen LogP contribution in [0.25, 0.3) is 0 Å². The van der Waals surface area contributed by atoms with Crippen molar-refractivity contribution in [1.29, 1.82) is 0 Å². The highest BCUT2D eigenvalue weighted by Gasteiger charge is 2.35. The Morgan fingerprint density at radius 2 is 2.10 bits per heavy atom. The van der Waals surface area contributed by atoms with Crippen LogP contribution in [0.5, 0.6) is 0 Å². The average molecular weight is 437 g/mol. The van der Waals surface area contributed by atoms with E-state index in [1.54, 1.807) is 20.9 Å². The number of aryl methyl sites for hydroxylation is 1. The molecule has 1 atom stereocenters. The number of rotatable bonds is 7. The maximum absolute atomic E-state index is 12.6. The van der Waals surface area contributed by atoms with Crippen LogP contribution in [0, 0.1) is 6.92 Å². The number of carbonyl (C=O) groups is 3. The monoisotopic (exact) mass is 436 g/mol. The predicted octanol–water partition coefficient (Wildman–Crippen LogP) is 2.58. The molecular weight excluding hydrogens is 416 g/mol. The van der Waals surface area contributed by atoms with Crippen molar-refractivity contribution in [1.82, 2.24) is 15.0 Å². The van der Waals surface area contributed by atoms with Crippen molar-refractivity contribution in [2.24, 2.45) is 0 Å². The van der Waals surface area contributed by atoms with Crippen LogP contribution in [0.1, 0.15) is 33.9 Å². The van der Waals surface area contributed by atoms with Gasteiger partial charge in [-0.3, -0.25) is 0 Å². The van der Waals surface area contributed by atoms with Crippen molar-refractivity contribution in [3.8, 4) is 0 Å². The van der Waals surface area contributed by atoms with Crippen LogP contribution in [0.15, 0.2) is 28.8 Å². The van der Waals surface area contributed by atoms with Crippen molar-refractivity contribution in [3.05, 3.63) is 44.9 Å². The van der Waals surface area contributed by atoms with Gasteiger partial charge in [-0.05, 0) is 36.8 Å². The third-order valence-electron chi connectivity index (χ3n) is 4.12. The average Bonchev–Trinajstić information content (AvgIpc) is 3.35. The van der Waals surface area contributed by atoms with E-state index in [1.165, 1.54) is 11.3 Å². The third kappa shape index (κ3) is 4.40. The van der Waals surface area contributed by atoms with Gasteiger partial charge in [-0.15, -0.1) is 11.3 Å². The third-order valence-corrected chi connectivity index (χ3v) is 6.01. The second-order valence-electron chi connectivity index (χ2n) is 5.96. The van der Waals surface area contributed by atoms with Gasteiger partial charge >= 0.3 is 18.0 Å². The highest BCUT2D eigenvalue weighted by molar-refractivity contribution is 7.10. The molecule has 2 amide bonds. The second kappa shape index (κ2) is 9.05. The Kier molecular flexibility index (Phi) is 6.49. The molecule has 0 radical (unpaired) electrons. The molecule has 0 saturated carbocycles. The Morgan fingerprint density at radius 3 is 2.76 bits per heavy atom. The summed E-state index contributed by atoms with van der Waals surface area (Å²) >= 11 is 2.55. The number of urea groups is 1. The quantitative estimate of drug-likeness (QED) is 0.571. The number of hydrogen-bond acceptors (Lipinski definition) is 9. The van der Waals surface area contributed by atoms with Gasteiger partial charge in [0.05, 0.1) is 29.6 Å². The zero-order chi connectivity index (χ0) is 21.0. The number of amides is 2. The number of ether oxygens (including phenoxy) is 2. The predicted molar refractivity (Wildman–Crippen MR) is 109 cm³/mol. The number of thiophene rings is 1. The molecule has 2 aromatic heterocycles. The minimum Gasteiger partial charge on any atom is -0.463 e. The molecule has 0 aromatic carbocycles. The molecular formula is C18H20N4O5S2. The summed E-state index contributed by atoms with van der Waals surface area (Å²) in [7, 11) is 1.68. The summed E-state index contributed by atoms with van der Waals surface area (Å²) in [5.74, 6) is -1.19. The standard InChI is InChI=1S/C18H20N4O5S2/c1-4-26-17(24)13-10(20-18(25)21-14(13)11-6-5-7-28-11)8-27-16(23)12-9(2)22-29-15(12)19-3/h5-7,14,19H,4,8H2,1-3H3,(H2,20,21,25)/t14-/m1/s1. The molecule has 11 heteroatoms. The zero-order valence-corrected chi connectivity index (χ0v) is 17.7. The summed E-state index contributed by atoms with van der Waals surface area (Å²) in [6.07, 6.45) is 0. The van der Waals surface area contributed by atoms with Gasteiger partial charge in [0, 0.05) is 11.9 Å². The summed E-state index contributed by atoms with van der Waals surface area (Å²) in [5, 5.41) is 10.6. The van der Waals surface area contributed by atoms with Gasteiger partial charge in [-0.2, -0.15) is 4.37 Å². The van der Waals surface area contributed by atoms with Crippen LogP contribution >= 0.6 is 22.9 Å². The number of anilines is 1. The summed E-state index contributed by atoms with van der Waals surface area (Å²) in [4.78, 5) is 38.1. The van der Waals surface area contributed by atoms with Crippen molar-refractivity contribution >= 4 is 45.8 Å². The van der Waals surface area contributed by atoms with Crippen molar-refractivity contribution in [2.45, 2.75) is 19.9 Å². The first-order valence-electron chi connectivity index (χ1n) is 8.78. The van der Waals surface area contributed by atoms with Crippen LogP contribution in [-0.2, 0) is 14.3 Å². The van der Waals surface area contributed by atoms with Gasteiger partial charge in [-0.25, -0.2) is 14.4 Å². The minimum atomic E-state index is -0.686. The molecule has 0 spiro atoms. The molecule has 0 bridgehead atoms. The molecule has 3 heterocycles. The Morgan fingerprint density at radius 1 is 1.31 bits per heavy atom. The number of nitrogens with one attached hydrogen (secondary N) is 3. The van der Waals surface area contributed by atoms with Crippen molar-refractivity contribution in [2.75, 3.05) is 25.6 Å². The normalized spacial score (nSPS) is 16.1. The topological polar surface area (TPSA) is 119 Å². The smallest absolute Gasteiger partial charge is 0.343 e. The van der Waals surface area contributed by atoms with E-state index in [0.29, 0.717) is 16.3 Å². The molecule has 3 rings (SSSR count). The molecule has 0 saturated heterocycles. The van der Waals surface area contributed by atoms with Crippen LogP contribution in [-0.4, -0.2) is 42.6 Å². The highest BCUT2D eigenvalue weighted by Crippen LogP contribution is 2.31. The Labute approximate surface area is 175 Å². The lowest BCUT2D eigenvalue weighted by Crippen LogP contribution is -2.46. The molecule has 9 nitrogen and oxygen atoms in total. The summed E-state index contributed by atoms with van der Waals surface area (Å²) in [6.45, 7) is 3.28. The summed E-state index contributed by atoms with van der Waals surface area (Å²) < 4.78 is 14.7. The Balaban J connectivity index is 1.90. The lowest BCUT2D eigenvalue weighted by atomic mass is 10.0.